The van der Waals surface area contributed by atoms with E-state index in [0.717, 1.165) is 16.8 Å². The average Bonchev–Trinajstić information content (AvgIpc) is 3.46. The number of aryl methyl sites for hydroxylation is 1. The van der Waals surface area contributed by atoms with Gasteiger partial charge in [0.05, 0.1) is 20.3 Å². The molecule has 3 atom stereocenters. The predicted octanol–water partition coefficient (Wildman–Crippen LogP) is 6.33. The number of anilines is 1. The molecule has 1 aliphatic carbocycles. The van der Waals surface area contributed by atoms with Crippen LogP contribution in [0.25, 0.3) is 6.08 Å². The van der Waals surface area contributed by atoms with E-state index in [1.807, 2.05) is 54.3 Å². The van der Waals surface area contributed by atoms with Crippen molar-refractivity contribution < 1.29 is 23.9 Å². The van der Waals surface area contributed by atoms with Crippen LogP contribution in [0.2, 0.25) is 0 Å². The van der Waals surface area contributed by atoms with Crippen LogP contribution in [0.5, 0.6) is 11.5 Å². The van der Waals surface area contributed by atoms with E-state index in [2.05, 4.69) is 6.07 Å². The average molecular weight is 556 g/mol. The summed E-state index contributed by atoms with van der Waals surface area (Å²) in [5.41, 5.74) is 3.04. The number of carbonyl (C=O) groups is 3. The van der Waals surface area contributed by atoms with Crippen LogP contribution in [0.1, 0.15) is 53.7 Å². The minimum Gasteiger partial charge on any atom is -0.497 e. The highest BCUT2D eigenvalue weighted by molar-refractivity contribution is 6.32. The topological polar surface area (TPSA) is 72.9 Å². The molecule has 3 aliphatic rings. The summed E-state index contributed by atoms with van der Waals surface area (Å²) in [4.78, 5) is 46.5. The Balaban J connectivity index is 1.59. The molecular formula is C36H29NO5. The molecule has 2 aliphatic heterocycles. The van der Waals surface area contributed by atoms with Gasteiger partial charge < -0.3 is 14.4 Å². The summed E-state index contributed by atoms with van der Waals surface area (Å²) in [6.45, 7) is 2.02. The highest BCUT2D eigenvalue weighted by Crippen LogP contribution is 2.62. The SMILES string of the molecule is COc1ccc(OC)c([C@@H]2[C@@H](C(=O)c3ccccc3)N3c4ccc(C)cc4C=C[C@H]3C23C(=O)c2ccccc2C3=O)c1. The number of carbonyl (C=O) groups excluding carboxylic acids is 3. The molecule has 7 rings (SSSR count). The first-order chi connectivity index (χ1) is 20.4. The van der Waals surface area contributed by atoms with Crippen LogP contribution in [0.15, 0.2) is 97.1 Å². The molecule has 0 aromatic heterocycles. The van der Waals surface area contributed by atoms with Gasteiger partial charge in [-0.2, -0.15) is 0 Å². The molecule has 6 nitrogen and oxygen atoms in total. The summed E-state index contributed by atoms with van der Waals surface area (Å²) in [7, 11) is 3.12. The van der Waals surface area contributed by atoms with Gasteiger partial charge in [-0.25, -0.2) is 0 Å². The van der Waals surface area contributed by atoms with Crippen LogP contribution < -0.4 is 14.4 Å². The van der Waals surface area contributed by atoms with Gasteiger partial charge in [-0.15, -0.1) is 0 Å². The molecule has 4 aromatic carbocycles. The van der Waals surface area contributed by atoms with Gasteiger partial charge in [0.25, 0.3) is 0 Å². The summed E-state index contributed by atoms with van der Waals surface area (Å²) >= 11 is 0. The minimum atomic E-state index is -1.61. The lowest BCUT2D eigenvalue weighted by molar-refractivity contribution is 0.0664. The van der Waals surface area contributed by atoms with E-state index in [4.69, 9.17) is 9.47 Å². The highest BCUT2D eigenvalue weighted by Gasteiger charge is 2.72. The maximum atomic E-state index is 14.8. The van der Waals surface area contributed by atoms with E-state index >= 15 is 0 Å². The van der Waals surface area contributed by atoms with E-state index in [-0.39, 0.29) is 17.3 Å². The van der Waals surface area contributed by atoms with E-state index in [9.17, 15) is 14.4 Å². The Kier molecular flexibility index (Phi) is 5.91. The van der Waals surface area contributed by atoms with Gasteiger partial charge in [-0.3, -0.25) is 14.4 Å². The zero-order valence-electron chi connectivity index (χ0n) is 23.5. The van der Waals surface area contributed by atoms with Crippen LogP contribution in [0.3, 0.4) is 0 Å². The summed E-state index contributed by atoms with van der Waals surface area (Å²) < 4.78 is 11.5. The third kappa shape index (κ3) is 3.41. The van der Waals surface area contributed by atoms with Crippen LogP contribution in [-0.4, -0.2) is 43.7 Å². The standard InChI is InChI=1S/C36H29NO5/c1-21-13-16-28-23(19-21)14-18-30-36(34(39)25-11-7-8-12-26(25)35(36)40)31(27-20-24(41-2)15-17-29(27)42-3)32(37(28)30)33(38)22-9-5-4-6-10-22/h4-20,30-32H,1-3H3/t30-,31+,32-/m0/s1. The van der Waals surface area contributed by atoms with Gasteiger partial charge in [-0.05, 0) is 42.8 Å². The molecule has 0 unspecified atom stereocenters. The van der Waals surface area contributed by atoms with E-state index in [1.165, 1.54) is 0 Å². The largest absolute Gasteiger partial charge is 0.497 e. The number of ether oxygens (including phenoxy) is 2. The number of Topliss-reactive ketones (excluding diaryl/α,β-unsaturated/α-hetero) is 3. The lowest BCUT2D eigenvalue weighted by Gasteiger charge is -2.37. The van der Waals surface area contributed by atoms with Crippen molar-refractivity contribution in [1.82, 2.24) is 0 Å². The molecule has 4 aromatic rings. The zero-order chi connectivity index (χ0) is 29.2. The van der Waals surface area contributed by atoms with Crippen molar-refractivity contribution in [3.8, 4) is 11.5 Å². The molecule has 0 N–H and O–H groups in total. The van der Waals surface area contributed by atoms with Crippen LogP contribution in [-0.2, 0) is 0 Å². The number of fused-ring (bicyclic) bond motifs is 5. The smallest absolute Gasteiger partial charge is 0.185 e. The molecule has 1 saturated heterocycles. The third-order valence-corrected chi connectivity index (χ3v) is 9.06. The number of benzene rings is 4. The van der Waals surface area contributed by atoms with Gasteiger partial charge in [0, 0.05) is 33.9 Å². The first-order valence-electron chi connectivity index (χ1n) is 14.0. The monoisotopic (exact) mass is 555 g/mol. The Bertz CT molecular complexity index is 1770. The first-order valence-corrected chi connectivity index (χ1v) is 14.0. The Labute approximate surface area is 244 Å². The molecule has 42 heavy (non-hydrogen) atoms. The molecule has 1 fully saturated rings. The van der Waals surface area contributed by atoms with Gasteiger partial charge in [-0.1, -0.05) is 78.4 Å². The molecule has 0 radical (unpaired) electrons. The summed E-state index contributed by atoms with van der Waals surface area (Å²) in [5, 5.41) is 0. The fourth-order valence-corrected chi connectivity index (χ4v) is 7.30. The molecule has 208 valence electrons. The normalized spacial score (nSPS) is 21.2. The lowest BCUT2D eigenvalue weighted by Crippen LogP contribution is -2.48. The third-order valence-electron chi connectivity index (χ3n) is 9.06. The number of rotatable bonds is 5. The van der Waals surface area contributed by atoms with Crippen molar-refractivity contribution in [2.24, 2.45) is 5.41 Å². The maximum Gasteiger partial charge on any atom is 0.185 e. The molecule has 1 spiro atoms. The lowest BCUT2D eigenvalue weighted by atomic mass is 9.64. The zero-order valence-corrected chi connectivity index (χ0v) is 23.5. The van der Waals surface area contributed by atoms with Crippen molar-refractivity contribution in [2.75, 3.05) is 19.1 Å². The number of nitrogens with zero attached hydrogens (tertiary/aromatic N) is 1. The van der Waals surface area contributed by atoms with Crippen molar-refractivity contribution in [3.63, 3.8) is 0 Å². The Morgan fingerprint density at radius 1 is 0.810 bits per heavy atom. The fourth-order valence-electron chi connectivity index (χ4n) is 7.30. The van der Waals surface area contributed by atoms with Gasteiger partial charge >= 0.3 is 0 Å². The summed E-state index contributed by atoms with van der Waals surface area (Å²) in [5.74, 6) is -0.599. The minimum absolute atomic E-state index is 0.175. The van der Waals surface area contributed by atoms with Gasteiger partial charge in [0.15, 0.2) is 17.3 Å². The van der Waals surface area contributed by atoms with Gasteiger partial charge in [0.2, 0.25) is 0 Å². The Morgan fingerprint density at radius 3 is 2.17 bits per heavy atom. The van der Waals surface area contributed by atoms with Crippen LogP contribution >= 0.6 is 0 Å². The quantitative estimate of drug-likeness (QED) is 0.212. The molecular weight excluding hydrogens is 526 g/mol. The van der Waals surface area contributed by atoms with Crippen molar-refractivity contribution in [1.29, 1.82) is 0 Å². The maximum absolute atomic E-state index is 14.8. The predicted molar refractivity (Wildman–Crippen MR) is 161 cm³/mol. The number of hydrogen-bond donors (Lipinski definition) is 0. The Hall–Kier alpha value is -4.97. The molecule has 2 heterocycles. The fraction of sp³-hybridized carbons (Fsp3) is 0.194. The van der Waals surface area contributed by atoms with E-state index < -0.39 is 23.4 Å². The second-order valence-electron chi connectivity index (χ2n) is 11.1. The van der Waals surface area contributed by atoms with Crippen molar-refractivity contribution >= 4 is 29.1 Å². The van der Waals surface area contributed by atoms with Gasteiger partial charge in [0.1, 0.15) is 23.0 Å². The number of ketones is 3. The highest BCUT2D eigenvalue weighted by atomic mass is 16.5. The molecule has 0 amide bonds. The van der Waals surface area contributed by atoms with Crippen LogP contribution in [0, 0.1) is 12.3 Å². The summed E-state index contributed by atoms with van der Waals surface area (Å²) in [6.07, 6.45) is 3.91. The van der Waals surface area contributed by atoms with Crippen molar-refractivity contribution in [2.45, 2.75) is 24.9 Å². The molecule has 0 bridgehead atoms. The first kappa shape index (κ1) is 26.0. The molecule has 0 saturated carbocycles. The van der Waals surface area contributed by atoms with Crippen LogP contribution in [0.4, 0.5) is 5.69 Å². The second kappa shape index (κ2) is 9.55. The number of methoxy groups -OCH3 is 2. The van der Waals surface area contributed by atoms with E-state index in [1.54, 1.807) is 68.8 Å². The van der Waals surface area contributed by atoms with Crippen molar-refractivity contribution in [3.05, 3.63) is 130 Å². The molecule has 6 heteroatoms. The summed E-state index contributed by atoms with van der Waals surface area (Å²) in [6, 6.07) is 25.8. The Morgan fingerprint density at radius 2 is 1.50 bits per heavy atom. The second-order valence-corrected chi connectivity index (χ2v) is 11.1. The van der Waals surface area contributed by atoms with E-state index in [0.29, 0.717) is 33.8 Å². The number of hydrogen-bond acceptors (Lipinski definition) is 6.